The molecule has 0 spiro atoms. The lowest BCUT2D eigenvalue weighted by atomic mass is 10.1. The molecule has 37 heavy (non-hydrogen) atoms. The van der Waals surface area contributed by atoms with Crippen molar-refractivity contribution < 1.29 is 18.7 Å². The molecule has 4 heterocycles. The molecular weight excluding hydrogens is 493 g/mol. The first-order valence-electron chi connectivity index (χ1n) is 12.4. The standard InChI is InChI=1S/C27H30FN5O3S/c1-30-10-4-8-23(30)24-18-22(25-9-5-17-37-25)29-33(24)26(34)19-32(12-11-31-13-15-36-16-14-31)27(35)20-6-2-3-7-21(20)28/h2-10,17,24H,11-16,18-19H2,1H3/t24-/m0/s1. The molecule has 1 atom stereocenters. The van der Waals surface area contributed by atoms with E-state index in [0.717, 1.165) is 29.4 Å². The van der Waals surface area contributed by atoms with Crippen molar-refractivity contribution in [3.8, 4) is 0 Å². The molecule has 2 aliphatic rings. The van der Waals surface area contributed by atoms with E-state index in [9.17, 15) is 14.0 Å². The van der Waals surface area contributed by atoms with Gasteiger partial charge in [-0.1, -0.05) is 18.2 Å². The molecule has 0 N–H and O–H groups in total. The van der Waals surface area contributed by atoms with Gasteiger partial charge in [-0.2, -0.15) is 5.10 Å². The third-order valence-electron chi connectivity index (χ3n) is 6.80. The normalized spacial score (nSPS) is 18.2. The van der Waals surface area contributed by atoms with Crippen LogP contribution in [-0.2, 0) is 16.6 Å². The molecule has 2 aromatic heterocycles. The number of hydrogen-bond donors (Lipinski definition) is 0. The van der Waals surface area contributed by atoms with Gasteiger partial charge in [-0.3, -0.25) is 14.5 Å². The number of aromatic nitrogens is 1. The van der Waals surface area contributed by atoms with E-state index in [4.69, 9.17) is 9.84 Å². The second-order valence-corrected chi connectivity index (χ2v) is 10.1. The van der Waals surface area contributed by atoms with Crippen molar-refractivity contribution in [1.29, 1.82) is 0 Å². The second-order valence-electron chi connectivity index (χ2n) is 9.19. The number of morpholine rings is 1. The first-order valence-corrected chi connectivity index (χ1v) is 13.3. The van der Waals surface area contributed by atoms with Crippen LogP contribution in [0.5, 0.6) is 0 Å². The van der Waals surface area contributed by atoms with E-state index in [0.29, 0.717) is 32.7 Å². The lowest BCUT2D eigenvalue weighted by Crippen LogP contribution is -2.46. The highest BCUT2D eigenvalue weighted by Gasteiger charge is 2.36. The molecule has 1 fully saturated rings. The zero-order valence-corrected chi connectivity index (χ0v) is 21.6. The van der Waals surface area contributed by atoms with Crippen LogP contribution in [0.4, 0.5) is 4.39 Å². The molecule has 10 heteroatoms. The summed E-state index contributed by atoms with van der Waals surface area (Å²) in [6, 6.07) is 13.5. The summed E-state index contributed by atoms with van der Waals surface area (Å²) >= 11 is 1.58. The topological polar surface area (TPSA) is 70.4 Å². The Balaban J connectivity index is 1.40. The Kier molecular flexibility index (Phi) is 7.78. The smallest absolute Gasteiger partial charge is 0.262 e. The van der Waals surface area contributed by atoms with Gasteiger partial charge in [0.2, 0.25) is 0 Å². The first-order chi connectivity index (χ1) is 18.0. The summed E-state index contributed by atoms with van der Waals surface area (Å²) in [7, 11) is 1.94. The van der Waals surface area contributed by atoms with Crippen LogP contribution in [0.25, 0.3) is 0 Å². The molecule has 3 aromatic rings. The summed E-state index contributed by atoms with van der Waals surface area (Å²) in [5.41, 5.74) is 1.76. The van der Waals surface area contributed by atoms with Gasteiger partial charge in [-0.05, 0) is 35.7 Å². The lowest BCUT2D eigenvalue weighted by molar-refractivity contribution is -0.133. The van der Waals surface area contributed by atoms with Gasteiger partial charge in [0.25, 0.3) is 11.8 Å². The summed E-state index contributed by atoms with van der Waals surface area (Å²) in [6.07, 6.45) is 2.52. The number of ether oxygens (including phenoxy) is 1. The Morgan fingerprint density at radius 2 is 1.95 bits per heavy atom. The fraction of sp³-hybridized carbons (Fsp3) is 0.370. The van der Waals surface area contributed by atoms with Gasteiger partial charge in [0.05, 0.1) is 29.4 Å². The minimum Gasteiger partial charge on any atom is -0.379 e. The van der Waals surface area contributed by atoms with Gasteiger partial charge in [0, 0.05) is 51.5 Å². The number of carbonyl (C=O) groups excluding carboxylic acids is 2. The van der Waals surface area contributed by atoms with Gasteiger partial charge in [0.1, 0.15) is 18.4 Å². The fourth-order valence-corrected chi connectivity index (χ4v) is 5.48. The summed E-state index contributed by atoms with van der Waals surface area (Å²) in [5.74, 6) is -1.40. The lowest BCUT2D eigenvalue weighted by Gasteiger charge is -2.31. The van der Waals surface area contributed by atoms with Crippen LogP contribution in [0, 0.1) is 5.82 Å². The monoisotopic (exact) mass is 523 g/mol. The molecule has 0 radical (unpaired) electrons. The average Bonchev–Trinajstić information content (AvgIpc) is 3.67. The molecule has 1 aromatic carbocycles. The SMILES string of the molecule is Cn1cccc1[C@@H]1CC(c2cccs2)=NN1C(=O)CN(CCN1CCOCC1)C(=O)c1ccccc1F. The Morgan fingerprint density at radius 1 is 1.14 bits per heavy atom. The maximum Gasteiger partial charge on any atom is 0.262 e. The van der Waals surface area contributed by atoms with E-state index in [2.05, 4.69) is 4.90 Å². The summed E-state index contributed by atoms with van der Waals surface area (Å²) < 4.78 is 21.9. The maximum absolute atomic E-state index is 14.5. The quantitative estimate of drug-likeness (QED) is 0.454. The first kappa shape index (κ1) is 25.3. The zero-order chi connectivity index (χ0) is 25.8. The van der Waals surface area contributed by atoms with Gasteiger partial charge in [-0.25, -0.2) is 9.40 Å². The number of aryl methyl sites for hydroxylation is 1. The molecular formula is C27H30FN5O3S. The average molecular weight is 524 g/mol. The van der Waals surface area contributed by atoms with Crippen LogP contribution in [0.3, 0.4) is 0 Å². The summed E-state index contributed by atoms with van der Waals surface area (Å²) in [6.45, 7) is 3.45. The molecule has 0 bridgehead atoms. The van der Waals surface area contributed by atoms with E-state index < -0.39 is 11.7 Å². The van der Waals surface area contributed by atoms with Crippen molar-refractivity contribution in [3.05, 3.63) is 82.1 Å². The Labute approximate surface area is 219 Å². The molecule has 0 aliphatic carbocycles. The van der Waals surface area contributed by atoms with Crippen LogP contribution < -0.4 is 0 Å². The van der Waals surface area contributed by atoms with Gasteiger partial charge >= 0.3 is 0 Å². The number of rotatable bonds is 8. The van der Waals surface area contributed by atoms with E-state index >= 15 is 0 Å². The number of hydrogen-bond acceptors (Lipinski definition) is 6. The number of halogens is 1. The Morgan fingerprint density at radius 3 is 2.65 bits per heavy atom. The Hall–Kier alpha value is -3.34. The van der Waals surface area contributed by atoms with Crippen molar-refractivity contribution in [3.63, 3.8) is 0 Å². The number of amides is 2. The molecule has 194 valence electrons. The van der Waals surface area contributed by atoms with Crippen LogP contribution in [0.2, 0.25) is 0 Å². The highest BCUT2D eigenvalue weighted by atomic mass is 32.1. The predicted molar refractivity (Wildman–Crippen MR) is 140 cm³/mol. The number of nitrogens with zero attached hydrogens (tertiary/aromatic N) is 5. The molecule has 2 amide bonds. The van der Waals surface area contributed by atoms with Crippen molar-refractivity contribution in [2.45, 2.75) is 12.5 Å². The van der Waals surface area contributed by atoms with Gasteiger partial charge in [-0.15, -0.1) is 11.3 Å². The van der Waals surface area contributed by atoms with Crippen LogP contribution in [-0.4, -0.2) is 82.8 Å². The van der Waals surface area contributed by atoms with Crippen molar-refractivity contribution in [2.24, 2.45) is 12.1 Å². The van der Waals surface area contributed by atoms with E-state index in [1.807, 2.05) is 47.5 Å². The van der Waals surface area contributed by atoms with E-state index in [1.54, 1.807) is 23.5 Å². The van der Waals surface area contributed by atoms with Gasteiger partial charge < -0.3 is 14.2 Å². The molecule has 0 unspecified atom stereocenters. The van der Waals surface area contributed by atoms with E-state index in [1.165, 1.54) is 22.0 Å². The van der Waals surface area contributed by atoms with Gasteiger partial charge in [0.15, 0.2) is 0 Å². The van der Waals surface area contributed by atoms with Crippen molar-refractivity contribution in [2.75, 3.05) is 45.9 Å². The summed E-state index contributed by atoms with van der Waals surface area (Å²) in [4.78, 5) is 31.8. The molecule has 2 aliphatic heterocycles. The molecule has 5 rings (SSSR count). The minimum absolute atomic E-state index is 0.0412. The van der Waals surface area contributed by atoms with Crippen LogP contribution in [0.1, 0.15) is 33.4 Å². The number of hydrazone groups is 1. The minimum atomic E-state index is -0.600. The summed E-state index contributed by atoms with van der Waals surface area (Å²) in [5, 5.41) is 8.21. The molecule has 1 saturated heterocycles. The van der Waals surface area contributed by atoms with Crippen molar-refractivity contribution in [1.82, 2.24) is 19.4 Å². The highest BCUT2D eigenvalue weighted by Crippen LogP contribution is 2.34. The van der Waals surface area contributed by atoms with Crippen LogP contribution in [0.15, 0.2) is 65.2 Å². The third kappa shape index (κ3) is 5.66. The number of benzene rings is 1. The number of carbonyl (C=O) groups is 2. The Bertz CT molecular complexity index is 1270. The zero-order valence-electron chi connectivity index (χ0n) is 20.8. The molecule has 8 nitrogen and oxygen atoms in total. The predicted octanol–water partition coefficient (Wildman–Crippen LogP) is 3.38. The highest BCUT2D eigenvalue weighted by molar-refractivity contribution is 7.12. The second kappa shape index (κ2) is 11.4. The maximum atomic E-state index is 14.5. The van der Waals surface area contributed by atoms with Crippen LogP contribution >= 0.6 is 11.3 Å². The van der Waals surface area contributed by atoms with Crippen molar-refractivity contribution >= 4 is 28.9 Å². The largest absolute Gasteiger partial charge is 0.379 e. The number of thiophene rings is 1. The molecule has 0 saturated carbocycles. The third-order valence-corrected chi connectivity index (χ3v) is 7.72. The van der Waals surface area contributed by atoms with E-state index in [-0.39, 0.29) is 24.1 Å². The fourth-order valence-electron chi connectivity index (χ4n) is 4.76.